The number of hydrogen-bond acceptors (Lipinski definition) is 2. The Morgan fingerprint density at radius 2 is 2.00 bits per heavy atom. The van der Waals surface area contributed by atoms with E-state index in [9.17, 15) is 5.11 Å². The normalized spacial score (nSPS) is 14.8. The topological polar surface area (TPSA) is 32.3 Å². The number of rotatable bonds is 6. The van der Waals surface area contributed by atoms with Crippen molar-refractivity contribution < 1.29 is 5.11 Å². The molecule has 0 saturated carbocycles. The van der Waals surface area contributed by atoms with E-state index in [1.807, 2.05) is 6.92 Å². The molecule has 0 aliphatic rings. The molecule has 90 valence electrons. The second kappa shape index (κ2) is 6.66. The van der Waals surface area contributed by atoms with Crippen molar-refractivity contribution in [2.24, 2.45) is 0 Å². The van der Waals surface area contributed by atoms with Gasteiger partial charge in [0.05, 0.1) is 6.10 Å². The van der Waals surface area contributed by atoms with E-state index in [4.69, 9.17) is 0 Å². The van der Waals surface area contributed by atoms with Gasteiger partial charge in [-0.1, -0.05) is 31.2 Å². The van der Waals surface area contributed by atoms with Crippen LogP contribution in [0, 0.1) is 6.92 Å². The van der Waals surface area contributed by atoms with Gasteiger partial charge in [-0.3, -0.25) is 0 Å². The molecule has 0 spiro atoms. The predicted octanol–water partition coefficient (Wildman–Crippen LogP) is 2.81. The molecule has 0 aliphatic carbocycles. The van der Waals surface area contributed by atoms with Crippen LogP contribution in [-0.2, 0) is 0 Å². The van der Waals surface area contributed by atoms with Crippen molar-refractivity contribution in [3.05, 3.63) is 35.4 Å². The van der Waals surface area contributed by atoms with E-state index < -0.39 is 0 Å². The van der Waals surface area contributed by atoms with Gasteiger partial charge in [0, 0.05) is 6.04 Å². The summed E-state index contributed by atoms with van der Waals surface area (Å²) in [7, 11) is 0. The van der Waals surface area contributed by atoms with Crippen LogP contribution in [-0.4, -0.2) is 17.8 Å². The fourth-order valence-electron chi connectivity index (χ4n) is 1.85. The molecule has 2 N–H and O–H groups in total. The van der Waals surface area contributed by atoms with E-state index in [1.165, 1.54) is 11.1 Å². The quantitative estimate of drug-likeness (QED) is 0.774. The van der Waals surface area contributed by atoms with Gasteiger partial charge in [-0.15, -0.1) is 0 Å². The van der Waals surface area contributed by atoms with Crippen molar-refractivity contribution in [1.82, 2.24) is 5.32 Å². The Balaban J connectivity index is 2.41. The van der Waals surface area contributed by atoms with Crippen LogP contribution in [0.25, 0.3) is 0 Å². The zero-order chi connectivity index (χ0) is 12.0. The van der Waals surface area contributed by atoms with Crippen LogP contribution in [0.15, 0.2) is 24.3 Å². The first kappa shape index (κ1) is 13.2. The number of benzene rings is 1. The first-order valence-corrected chi connectivity index (χ1v) is 6.12. The largest absolute Gasteiger partial charge is 0.393 e. The SMILES string of the molecule is CCC(O)CCNC(C)c1ccccc1C. The lowest BCUT2D eigenvalue weighted by Crippen LogP contribution is -2.23. The average Bonchev–Trinajstić information content (AvgIpc) is 2.29. The van der Waals surface area contributed by atoms with Gasteiger partial charge in [-0.05, 0) is 44.4 Å². The highest BCUT2D eigenvalue weighted by atomic mass is 16.3. The second-order valence-corrected chi connectivity index (χ2v) is 4.38. The Morgan fingerprint density at radius 1 is 1.31 bits per heavy atom. The number of aryl methyl sites for hydroxylation is 1. The maximum Gasteiger partial charge on any atom is 0.0549 e. The van der Waals surface area contributed by atoms with Crippen molar-refractivity contribution in [2.75, 3.05) is 6.54 Å². The first-order valence-electron chi connectivity index (χ1n) is 6.12. The molecular weight excluding hydrogens is 198 g/mol. The summed E-state index contributed by atoms with van der Waals surface area (Å²) in [6.07, 6.45) is 1.49. The lowest BCUT2D eigenvalue weighted by atomic mass is 10.0. The van der Waals surface area contributed by atoms with Crippen LogP contribution < -0.4 is 5.32 Å². The Bertz CT molecular complexity index is 311. The number of hydrogen-bond donors (Lipinski definition) is 2. The van der Waals surface area contributed by atoms with Crippen LogP contribution in [0.5, 0.6) is 0 Å². The number of nitrogens with one attached hydrogen (secondary N) is 1. The van der Waals surface area contributed by atoms with Crippen LogP contribution in [0.2, 0.25) is 0 Å². The number of aliphatic hydroxyl groups is 1. The Hall–Kier alpha value is -0.860. The standard InChI is InChI=1S/C14H23NO/c1-4-13(16)9-10-15-12(3)14-8-6-5-7-11(14)2/h5-8,12-13,15-16H,4,9-10H2,1-3H3. The van der Waals surface area contributed by atoms with Crippen molar-refractivity contribution in [2.45, 2.75) is 45.8 Å². The third-order valence-electron chi connectivity index (χ3n) is 3.05. The maximum atomic E-state index is 9.46. The average molecular weight is 221 g/mol. The molecule has 1 rings (SSSR count). The molecule has 2 unspecified atom stereocenters. The fourth-order valence-corrected chi connectivity index (χ4v) is 1.85. The summed E-state index contributed by atoms with van der Waals surface area (Å²) in [4.78, 5) is 0. The summed E-state index contributed by atoms with van der Waals surface area (Å²) in [6.45, 7) is 7.18. The van der Waals surface area contributed by atoms with Crippen LogP contribution in [0.4, 0.5) is 0 Å². The predicted molar refractivity (Wildman–Crippen MR) is 68.5 cm³/mol. The molecule has 1 aromatic carbocycles. The zero-order valence-electron chi connectivity index (χ0n) is 10.5. The first-order chi connectivity index (χ1) is 7.65. The van der Waals surface area contributed by atoms with E-state index in [2.05, 4.69) is 43.4 Å². The lowest BCUT2D eigenvalue weighted by Gasteiger charge is -2.17. The second-order valence-electron chi connectivity index (χ2n) is 4.38. The highest BCUT2D eigenvalue weighted by Gasteiger charge is 2.07. The zero-order valence-corrected chi connectivity index (χ0v) is 10.5. The summed E-state index contributed by atoms with van der Waals surface area (Å²) < 4.78 is 0. The van der Waals surface area contributed by atoms with Gasteiger partial charge in [0.25, 0.3) is 0 Å². The molecule has 2 atom stereocenters. The number of aliphatic hydroxyl groups excluding tert-OH is 1. The van der Waals surface area contributed by atoms with Crippen LogP contribution in [0.1, 0.15) is 43.9 Å². The molecule has 0 amide bonds. The monoisotopic (exact) mass is 221 g/mol. The summed E-state index contributed by atoms with van der Waals surface area (Å²) in [5.74, 6) is 0. The minimum absolute atomic E-state index is 0.170. The molecule has 16 heavy (non-hydrogen) atoms. The molecule has 0 heterocycles. The molecule has 0 fully saturated rings. The van der Waals surface area contributed by atoms with Gasteiger partial charge < -0.3 is 10.4 Å². The van der Waals surface area contributed by atoms with E-state index in [1.54, 1.807) is 0 Å². The molecule has 0 aliphatic heterocycles. The van der Waals surface area contributed by atoms with Crippen molar-refractivity contribution in [1.29, 1.82) is 0 Å². The Labute approximate surface area is 98.7 Å². The van der Waals surface area contributed by atoms with E-state index in [0.29, 0.717) is 6.04 Å². The van der Waals surface area contributed by atoms with Gasteiger partial charge in [0.2, 0.25) is 0 Å². The minimum atomic E-state index is -0.170. The smallest absolute Gasteiger partial charge is 0.0549 e. The summed E-state index contributed by atoms with van der Waals surface area (Å²) in [5.41, 5.74) is 2.66. The van der Waals surface area contributed by atoms with Gasteiger partial charge in [0.15, 0.2) is 0 Å². The lowest BCUT2D eigenvalue weighted by molar-refractivity contribution is 0.159. The Kier molecular flexibility index (Phi) is 5.50. The van der Waals surface area contributed by atoms with Crippen LogP contribution in [0.3, 0.4) is 0 Å². The van der Waals surface area contributed by atoms with Crippen molar-refractivity contribution in [3.8, 4) is 0 Å². The van der Waals surface area contributed by atoms with E-state index >= 15 is 0 Å². The molecule has 0 saturated heterocycles. The Morgan fingerprint density at radius 3 is 2.62 bits per heavy atom. The third-order valence-corrected chi connectivity index (χ3v) is 3.05. The van der Waals surface area contributed by atoms with Crippen LogP contribution >= 0.6 is 0 Å². The van der Waals surface area contributed by atoms with Gasteiger partial charge in [0.1, 0.15) is 0 Å². The fraction of sp³-hybridized carbons (Fsp3) is 0.571. The molecule has 0 aromatic heterocycles. The third kappa shape index (κ3) is 3.95. The van der Waals surface area contributed by atoms with Gasteiger partial charge in [-0.25, -0.2) is 0 Å². The summed E-state index contributed by atoms with van der Waals surface area (Å²) in [5, 5.41) is 12.9. The highest BCUT2D eigenvalue weighted by Crippen LogP contribution is 2.16. The van der Waals surface area contributed by atoms with E-state index in [-0.39, 0.29) is 6.10 Å². The van der Waals surface area contributed by atoms with E-state index in [0.717, 1.165) is 19.4 Å². The molecular formula is C14H23NO. The molecule has 2 heteroatoms. The molecule has 1 aromatic rings. The summed E-state index contributed by atoms with van der Waals surface area (Å²) >= 11 is 0. The van der Waals surface area contributed by atoms with Crippen molar-refractivity contribution >= 4 is 0 Å². The molecule has 2 nitrogen and oxygen atoms in total. The highest BCUT2D eigenvalue weighted by molar-refractivity contribution is 5.28. The van der Waals surface area contributed by atoms with Gasteiger partial charge in [-0.2, -0.15) is 0 Å². The molecule has 0 radical (unpaired) electrons. The molecule has 0 bridgehead atoms. The minimum Gasteiger partial charge on any atom is -0.393 e. The summed E-state index contributed by atoms with van der Waals surface area (Å²) in [6, 6.07) is 8.77. The maximum absolute atomic E-state index is 9.46. The van der Waals surface area contributed by atoms with Crippen molar-refractivity contribution in [3.63, 3.8) is 0 Å². The van der Waals surface area contributed by atoms with Gasteiger partial charge >= 0.3 is 0 Å².